The first-order chi connectivity index (χ1) is 16.1. The normalized spacial score (nSPS) is 25.9. The van der Waals surface area contributed by atoms with E-state index in [0.29, 0.717) is 37.0 Å². The van der Waals surface area contributed by atoms with Crippen LogP contribution in [0.1, 0.15) is 18.4 Å². The molecule has 1 amide bonds. The minimum Gasteiger partial charge on any atom is -0.368 e. The minimum absolute atomic E-state index is 0.0949. The predicted molar refractivity (Wildman–Crippen MR) is 117 cm³/mol. The Morgan fingerprint density at radius 2 is 1.85 bits per heavy atom. The summed E-state index contributed by atoms with van der Waals surface area (Å²) in [6.45, 7) is 3.06. The van der Waals surface area contributed by atoms with Gasteiger partial charge in [-0.3, -0.25) is 14.7 Å². The summed E-state index contributed by atoms with van der Waals surface area (Å²) in [6, 6.07) is 5.16. The maximum Gasteiger partial charge on any atom is 0.416 e. The molecular weight excluding hydrogens is 457 g/mol. The van der Waals surface area contributed by atoms with Gasteiger partial charge in [-0.25, -0.2) is 8.78 Å². The molecule has 3 fully saturated rings. The predicted octanol–water partition coefficient (Wildman–Crippen LogP) is 2.97. The number of nitrogens with zero attached hydrogens (tertiary/aromatic N) is 4. The third-order valence-corrected chi connectivity index (χ3v) is 7.11. The fraction of sp³-hybridized carbons (Fsp3) is 0.565. The topological polar surface area (TPSA) is 51.7 Å². The number of anilines is 1. The number of aromatic nitrogens is 1. The number of piperazine rings is 1. The van der Waals surface area contributed by atoms with Crippen molar-refractivity contribution in [2.24, 2.45) is 0 Å². The number of rotatable bonds is 3. The first-order valence-electron chi connectivity index (χ1n) is 11.5. The van der Waals surface area contributed by atoms with E-state index in [0.717, 1.165) is 30.9 Å². The fourth-order valence-electron chi connectivity index (χ4n) is 5.24. The van der Waals surface area contributed by atoms with Crippen LogP contribution in [-0.4, -0.2) is 84.5 Å². The van der Waals surface area contributed by atoms with Crippen molar-refractivity contribution in [3.63, 3.8) is 0 Å². The van der Waals surface area contributed by atoms with Crippen LogP contribution in [0, 0.1) is 0 Å². The molecule has 0 radical (unpaired) electrons. The summed E-state index contributed by atoms with van der Waals surface area (Å²) in [7, 11) is 0. The van der Waals surface area contributed by atoms with E-state index in [1.54, 1.807) is 0 Å². The Morgan fingerprint density at radius 3 is 2.53 bits per heavy atom. The van der Waals surface area contributed by atoms with Gasteiger partial charge in [0.05, 0.1) is 23.7 Å². The van der Waals surface area contributed by atoms with Crippen molar-refractivity contribution in [1.82, 2.24) is 20.1 Å². The summed E-state index contributed by atoms with van der Waals surface area (Å²) in [5, 5.41) is 3.88. The van der Waals surface area contributed by atoms with Crippen molar-refractivity contribution in [3.05, 3.63) is 36.0 Å². The van der Waals surface area contributed by atoms with Gasteiger partial charge in [0.1, 0.15) is 0 Å². The summed E-state index contributed by atoms with van der Waals surface area (Å²) in [5.74, 6) is -3.05. The van der Waals surface area contributed by atoms with Crippen LogP contribution in [0.4, 0.5) is 27.6 Å². The molecule has 3 aliphatic rings. The smallest absolute Gasteiger partial charge is 0.368 e. The first-order valence-corrected chi connectivity index (χ1v) is 11.5. The maximum absolute atomic E-state index is 13.5. The Labute approximate surface area is 193 Å². The molecule has 2 aromatic rings. The highest BCUT2D eigenvalue weighted by molar-refractivity contribution is 5.92. The van der Waals surface area contributed by atoms with E-state index in [4.69, 9.17) is 0 Å². The highest BCUT2D eigenvalue weighted by atomic mass is 19.4. The van der Waals surface area contributed by atoms with Gasteiger partial charge >= 0.3 is 6.18 Å². The van der Waals surface area contributed by atoms with Gasteiger partial charge in [-0.1, -0.05) is 6.07 Å². The molecule has 5 rings (SSSR count). The van der Waals surface area contributed by atoms with Crippen LogP contribution >= 0.6 is 0 Å². The van der Waals surface area contributed by atoms with Crippen LogP contribution in [0.3, 0.4) is 0 Å². The average Bonchev–Trinajstić information content (AvgIpc) is 3.44. The van der Waals surface area contributed by atoms with Gasteiger partial charge < -0.3 is 15.1 Å². The molecule has 0 aliphatic carbocycles. The van der Waals surface area contributed by atoms with Crippen LogP contribution in [0.25, 0.3) is 10.9 Å². The Morgan fingerprint density at radius 1 is 1.09 bits per heavy atom. The van der Waals surface area contributed by atoms with Crippen LogP contribution in [0.2, 0.25) is 0 Å². The molecular formula is C23H26F5N5O. The molecule has 4 heterocycles. The molecule has 1 aromatic heterocycles. The summed E-state index contributed by atoms with van der Waals surface area (Å²) in [6.07, 6.45) is -2.58. The Bertz CT molecular complexity index is 1070. The largest absolute Gasteiger partial charge is 0.416 e. The zero-order valence-corrected chi connectivity index (χ0v) is 18.5. The SMILES string of the molecule is O=C([C@@H]1C[C@H](N2CCN(c3ccnc4cc(C(F)(F)F)ccc34)CC2)CN1)N1CCC(F)(F)C1. The molecule has 6 nitrogen and oxygen atoms in total. The quantitative estimate of drug-likeness (QED) is 0.681. The van der Waals surface area contributed by atoms with E-state index in [9.17, 15) is 26.7 Å². The van der Waals surface area contributed by atoms with Crippen molar-refractivity contribution in [1.29, 1.82) is 0 Å². The number of fused-ring (bicyclic) bond motifs is 1. The van der Waals surface area contributed by atoms with Crippen LogP contribution in [0.15, 0.2) is 30.5 Å². The number of carbonyl (C=O) groups is 1. The fourth-order valence-corrected chi connectivity index (χ4v) is 5.24. The number of pyridine rings is 1. The van der Waals surface area contributed by atoms with Gasteiger partial charge in [-0.05, 0) is 24.6 Å². The number of benzene rings is 1. The van der Waals surface area contributed by atoms with Crippen LogP contribution in [0.5, 0.6) is 0 Å². The molecule has 11 heteroatoms. The third kappa shape index (κ3) is 4.55. The van der Waals surface area contributed by atoms with Crippen molar-refractivity contribution in [2.75, 3.05) is 50.7 Å². The first kappa shape index (κ1) is 23.2. The van der Waals surface area contributed by atoms with E-state index in [1.165, 1.54) is 17.2 Å². The lowest BCUT2D eigenvalue weighted by Crippen LogP contribution is -2.51. The second-order valence-electron chi connectivity index (χ2n) is 9.30. The van der Waals surface area contributed by atoms with Crippen molar-refractivity contribution < 1.29 is 26.7 Å². The maximum atomic E-state index is 13.5. The van der Waals surface area contributed by atoms with Crippen LogP contribution < -0.4 is 10.2 Å². The number of amides is 1. The zero-order chi connectivity index (χ0) is 24.1. The van der Waals surface area contributed by atoms with E-state index in [2.05, 4.69) is 20.1 Å². The van der Waals surface area contributed by atoms with Gasteiger partial charge in [0.15, 0.2) is 0 Å². The molecule has 1 aromatic carbocycles. The molecule has 0 bridgehead atoms. The summed E-state index contributed by atoms with van der Waals surface area (Å²) < 4.78 is 66.1. The number of likely N-dealkylation sites (tertiary alicyclic amines) is 1. The molecule has 2 atom stereocenters. The van der Waals surface area contributed by atoms with Gasteiger partial charge in [0.25, 0.3) is 5.92 Å². The summed E-state index contributed by atoms with van der Waals surface area (Å²) >= 11 is 0. The summed E-state index contributed by atoms with van der Waals surface area (Å²) in [5.41, 5.74) is 0.444. The zero-order valence-electron chi connectivity index (χ0n) is 18.5. The lowest BCUT2D eigenvalue weighted by molar-refractivity contribution is -0.137. The molecule has 3 saturated heterocycles. The monoisotopic (exact) mass is 483 g/mol. The molecule has 0 spiro atoms. The molecule has 3 aliphatic heterocycles. The molecule has 0 saturated carbocycles. The number of hydrogen-bond donors (Lipinski definition) is 1. The Balaban J connectivity index is 1.20. The van der Waals surface area contributed by atoms with E-state index < -0.39 is 30.2 Å². The number of carbonyl (C=O) groups excluding carboxylic acids is 1. The van der Waals surface area contributed by atoms with Crippen molar-refractivity contribution in [2.45, 2.75) is 37.0 Å². The highest BCUT2D eigenvalue weighted by Gasteiger charge is 2.44. The lowest BCUT2D eigenvalue weighted by Gasteiger charge is -2.39. The van der Waals surface area contributed by atoms with Gasteiger partial charge in [0, 0.05) is 69.0 Å². The average molecular weight is 483 g/mol. The standard InChI is InChI=1S/C23H26F5N5O/c24-22(25)4-6-33(14-22)21(34)19-12-16(13-30-19)31-7-9-32(10-8-31)20-3-5-29-18-11-15(23(26,27)28)1-2-17(18)20/h1-3,5,11,16,19,30H,4,6-10,12-14H2/t16-,19-/m0/s1. The molecule has 1 N–H and O–H groups in total. The molecule has 34 heavy (non-hydrogen) atoms. The van der Waals surface area contributed by atoms with E-state index in [-0.39, 0.29) is 24.9 Å². The number of alkyl halides is 5. The van der Waals surface area contributed by atoms with Gasteiger partial charge in [-0.15, -0.1) is 0 Å². The van der Waals surface area contributed by atoms with Crippen molar-refractivity contribution in [3.8, 4) is 0 Å². The van der Waals surface area contributed by atoms with E-state index in [1.807, 2.05) is 6.07 Å². The highest BCUT2D eigenvalue weighted by Crippen LogP contribution is 2.34. The Kier molecular flexibility index (Phi) is 5.87. The number of nitrogens with one attached hydrogen (secondary N) is 1. The molecule has 184 valence electrons. The number of halogens is 5. The number of hydrogen-bond acceptors (Lipinski definition) is 5. The minimum atomic E-state index is -4.41. The lowest BCUT2D eigenvalue weighted by atomic mass is 10.1. The third-order valence-electron chi connectivity index (χ3n) is 7.11. The summed E-state index contributed by atoms with van der Waals surface area (Å²) in [4.78, 5) is 22.5. The second-order valence-corrected chi connectivity index (χ2v) is 9.30. The van der Waals surface area contributed by atoms with Gasteiger partial charge in [0.2, 0.25) is 5.91 Å². The van der Waals surface area contributed by atoms with Crippen molar-refractivity contribution >= 4 is 22.5 Å². The second kappa shape index (κ2) is 8.60. The van der Waals surface area contributed by atoms with E-state index >= 15 is 0 Å². The molecule has 0 unspecified atom stereocenters. The Hall–Kier alpha value is -2.53. The van der Waals surface area contributed by atoms with Gasteiger partial charge in [-0.2, -0.15) is 13.2 Å². The van der Waals surface area contributed by atoms with Crippen LogP contribution in [-0.2, 0) is 11.0 Å².